The second-order valence-corrected chi connectivity index (χ2v) is 4.66. The van der Waals surface area contributed by atoms with E-state index in [0.717, 1.165) is 29.9 Å². The first kappa shape index (κ1) is 17.7. The summed E-state index contributed by atoms with van der Waals surface area (Å²) in [6.45, 7) is 6.75. The molecular weight excluding hydrogens is 405 g/mol. The van der Waals surface area contributed by atoms with Gasteiger partial charge < -0.3 is 10.6 Å². The first-order valence-electron chi connectivity index (χ1n) is 6.03. The lowest BCUT2D eigenvalue weighted by Crippen LogP contribution is -2.37. The predicted molar refractivity (Wildman–Crippen MR) is 92.7 cm³/mol. The van der Waals surface area contributed by atoms with Gasteiger partial charge in [-0.15, -0.1) is 24.0 Å². The Kier molecular flexibility index (Phi) is 10.4. The molecule has 0 bridgehead atoms. The van der Waals surface area contributed by atoms with Crippen LogP contribution in [0.3, 0.4) is 0 Å². The summed E-state index contributed by atoms with van der Waals surface area (Å²) in [5.74, 6) is 0.886. The van der Waals surface area contributed by atoms with Gasteiger partial charge in [0.05, 0.1) is 6.54 Å². The standard InChI is InChI=1S/C13H20BrN3.HI/c1-3-9-16-13(15-4-2)17-10-11-5-7-12(14)8-6-11;/h5-8H,3-4,9-10H2,1-2H3,(H2,15,16,17);1H. The molecule has 1 aromatic carbocycles. The van der Waals surface area contributed by atoms with Crippen molar-refractivity contribution in [2.75, 3.05) is 13.1 Å². The molecule has 0 aliphatic carbocycles. The molecular formula is C13H21BrIN3. The lowest BCUT2D eigenvalue weighted by atomic mass is 10.2. The molecule has 0 aliphatic rings. The van der Waals surface area contributed by atoms with Gasteiger partial charge in [-0.05, 0) is 31.0 Å². The maximum atomic E-state index is 4.53. The largest absolute Gasteiger partial charge is 0.357 e. The maximum Gasteiger partial charge on any atom is 0.191 e. The van der Waals surface area contributed by atoms with Crippen LogP contribution in [0.1, 0.15) is 25.8 Å². The molecule has 0 saturated carbocycles. The molecule has 0 radical (unpaired) electrons. The number of hydrogen-bond donors (Lipinski definition) is 2. The fraction of sp³-hybridized carbons (Fsp3) is 0.462. The van der Waals surface area contributed by atoms with Crippen LogP contribution in [0.4, 0.5) is 0 Å². The van der Waals surface area contributed by atoms with Crippen molar-refractivity contribution in [1.29, 1.82) is 0 Å². The van der Waals surface area contributed by atoms with Crippen LogP contribution >= 0.6 is 39.9 Å². The van der Waals surface area contributed by atoms with E-state index in [4.69, 9.17) is 0 Å². The molecule has 0 amide bonds. The molecule has 0 atom stereocenters. The van der Waals surface area contributed by atoms with Crippen molar-refractivity contribution in [2.24, 2.45) is 4.99 Å². The highest BCUT2D eigenvalue weighted by Crippen LogP contribution is 2.10. The van der Waals surface area contributed by atoms with Crippen molar-refractivity contribution in [2.45, 2.75) is 26.8 Å². The lowest BCUT2D eigenvalue weighted by Gasteiger charge is -2.10. The summed E-state index contributed by atoms with van der Waals surface area (Å²) in [7, 11) is 0. The van der Waals surface area contributed by atoms with Crippen molar-refractivity contribution in [3.63, 3.8) is 0 Å². The van der Waals surface area contributed by atoms with E-state index in [2.05, 4.69) is 57.5 Å². The zero-order valence-electron chi connectivity index (χ0n) is 10.9. The quantitative estimate of drug-likeness (QED) is 0.430. The van der Waals surface area contributed by atoms with E-state index in [1.165, 1.54) is 5.56 Å². The smallest absolute Gasteiger partial charge is 0.191 e. The van der Waals surface area contributed by atoms with Crippen LogP contribution in [0.5, 0.6) is 0 Å². The predicted octanol–water partition coefficient (Wildman–Crippen LogP) is 3.53. The van der Waals surface area contributed by atoms with Gasteiger partial charge in [0, 0.05) is 17.6 Å². The number of guanidine groups is 1. The highest BCUT2D eigenvalue weighted by molar-refractivity contribution is 14.0. The topological polar surface area (TPSA) is 36.4 Å². The second kappa shape index (κ2) is 10.6. The zero-order valence-corrected chi connectivity index (χ0v) is 14.8. The number of nitrogens with zero attached hydrogens (tertiary/aromatic N) is 1. The molecule has 0 saturated heterocycles. The third kappa shape index (κ3) is 7.20. The van der Waals surface area contributed by atoms with Gasteiger partial charge in [-0.1, -0.05) is 35.0 Å². The number of halogens is 2. The lowest BCUT2D eigenvalue weighted by molar-refractivity contribution is 0.785. The number of nitrogens with one attached hydrogen (secondary N) is 2. The first-order chi connectivity index (χ1) is 8.26. The fourth-order valence-electron chi connectivity index (χ4n) is 1.35. The van der Waals surface area contributed by atoms with Gasteiger partial charge in [-0.3, -0.25) is 0 Å². The Labute approximate surface area is 135 Å². The van der Waals surface area contributed by atoms with Crippen LogP contribution in [-0.2, 0) is 6.54 Å². The van der Waals surface area contributed by atoms with Crippen LogP contribution in [0.15, 0.2) is 33.7 Å². The third-order valence-electron chi connectivity index (χ3n) is 2.22. The van der Waals surface area contributed by atoms with Crippen LogP contribution < -0.4 is 10.6 Å². The Morgan fingerprint density at radius 1 is 1.17 bits per heavy atom. The van der Waals surface area contributed by atoms with E-state index in [0.29, 0.717) is 6.54 Å². The molecule has 0 spiro atoms. The van der Waals surface area contributed by atoms with Crippen molar-refractivity contribution < 1.29 is 0 Å². The van der Waals surface area contributed by atoms with E-state index in [-0.39, 0.29) is 24.0 Å². The Bertz CT molecular complexity index is 352. The molecule has 0 unspecified atom stereocenters. The fourth-order valence-corrected chi connectivity index (χ4v) is 1.61. The molecule has 0 aromatic heterocycles. The molecule has 18 heavy (non-hydrogen) atoms. The van der Waals surface area contributed by atoms with E-state index in [1.807, 2.05) is 12.1 Å². The van der Waals surface area contributed by atoms with E-state index >= 15 is 0 Å². The summed E-state index contributed by atoms with van der Waals surface area (Å²) in [6, 6.07) is 8.24. The van der Waals surface area contributed by atoms with E-state index in [1.54, 1.807) is 0 Å². The molecule has 0 aliphatic heterocycles. The van der Waals surface area contributed by atoms with Gasteiger partial charge in [0.15, 0.2) is 5.96 Å². The van der Waals surface area contributed by atoms with Gasteiger partial charge in [0.25, 0.3) is 0 Å². The van der Waals surface area contributed by atoms with Crippen molar-refractivity contribution in [1.82, 2.24) is 10.6 Å². The Morgan fingerprint density at radius 2 is 1.83 bits per heavy atom. The number of aliphatic imine (C=N–C) groups is 1. The minimum absolute atomic E-state index is 0. The summed E-state index contributed by atoms with van der Waals surface area (Å²) < 4.78 is 1.10. The molecule has 1 rings (SSSR count). The Morgan fingerprint density at radius 3 is 2.39 bits per heavy atom. The Balaban J connectivity index is 0.00000289. The van der Waals surface area contributed by atoms with Gasteiger partial charge in [0.1, 0.15) is 0 Å². The van der Waals surface area contributed by atoms with Crippen molar-refractivity contribution in [3.8, 4) is 0 Å². The third-order valence-corrected chi connectivity index (χ3v) is 2.75. The summed E-state index contributed by atoms with van der Waals surface area (Å²) in [5, 5.41) is 6.51. The van der Waals surface area contributed by atoms with E-state index in [9.17, 15) is 0 Å². The van der Waals surface area contributed by atoms with Gasteiger partial charge in [-0.25, -0.2) is 4.99 Å². The summed E-state index contributed by atoms with van der Waals surface area (Å²) in [6.07, 6.45) is 1.10. The minimum Gasteiger partial charge on any atom is -0.357 e. The van der Waals surface area contributed by atoms with E-state index < -0.39 is 0 Å². The molecule has 3 nitrogen and oxygen atoms in total. The number of hydrogen-bond acceptors (Lipinski definition) is 1. The molecule has 2 N–H and O–H groups in total. The maximum absolute atomic E-state index is 4.53. The number of benzene rings is 1. The Hall–Kier alpha value is -0.300. The monoisotopic (exact) mass is 425 g/mol. The van der Waals surface area contributed by atoms with Crippen molar-refractivity contribution in [3.05, 3.63) is 34.3 Å². The summed E-state index contributed by atoms with van der Waals surface area (Å²) in [4.78, 5) is 4.53. The second-order valence-electron chi connectivity index (χ2n) is 3.75. The summed E-state index contributed by atoms with van der Waals surface area (Å²) >= 11 is 3.42. The van der Waals surface area contributed by atoms with Crippen molar-refractivity contribution >= 4 is 45.9 Å². The van der Waals surface area contributed by atoms with Crippen LogP contribution in [0.2, 0.25) is 0 Å². The molecule has 0 fully saturated rings. The minimum atomic E-state index is 0. The highest BCUT2D eigenvalue weighted by Gasteiger charge is 1.96. The van der Waals surface area contributed by atoms with Crippen LogP contribution in [-0.4, -0.2) is 19.0 Å². The first-order valence-corrected chi connectivity index (χ1v) is 6.82. The summed E-state index contributed by atoms with van der Waals surface area (Å²) in [5.41, 5.74) is 1.21. The van der Waals surface area contributed by atoms with Gasteiger partial charge in [-0.2, -0.15) is 0 Å². The molecule has 1 aromatic rings. The van der Waals surface area contributed by atoms with Crippen LogP contribution in [0.25, 0.3) is 0 Å². The zero-order chi connectivity index (χ0) is 12.5. The highest BCUT2D eigenvalue weighted by atomic mass is 127. The molecule has 102 valence electrons. The van der Waals surface area contributed by atoms with Gasteiger partial charge >= 0.3 is 0 Å². The molecule has 5 heteroatoms. The SMILES string of the molecule is CCCNC(=NCc1ccc(Br)cc1)NCC.I. The average Bonchev–Trinajstić information content (AvgIpc) is 2.35. The molecule has 0 heterocycles. The normalized spacial score (nSPS) is 10.7. The average molecular weight is 426 g/mol. The number of rotatable bonds is 5. The van der Waals surface area contributed by atoms with Crippen LogP contribution in [0, 0.1) is 0 Å². The van der Waals surface area contributed by atoms with Gasteiger partial charge in [0.2, 0.25) is 0 Å².